The van der Waals surface area contributed by atoms with Crippen molar-refractivity contribution >= 4 is 15.9 Å². The van der Waals surface area contributed by atoms with Gasteiger partial charge in [0.25, 0.3) is 5.91 Å². The molecule has 1 amide bonds. The fraction of sp³-hybridized carbons (Fsp3) is 0.500. The average molecular weight is 314 g/mol. The molecule has 5 nitrogen and oxygen atoms in total. The molecule has 1 aromatic carbocycles. The topological polar surface area (TPSA) is 80.5 Å². The summed E-state index contributed by atoms with van der Waals surface area (Å²) >= 11 is 0. The van der Waals surface area contributed by atoms with Crippen molar-refractivity contribution in [2.45, 2.75) is 25.2 Å². The summed E-state index contributed by atoms with van der Waals surface area (Å²) in [7, 11) is -2.43. The van der Waals surface area contributed by atoms with Gasteiger partial charge in [-0.15, -0.1) is 0 Å². The van der Waals surface area contributed by atoms with E-state index < -0.39 is 21.7 Å². The van der Waals surface area contributed by atoms with Crippen LogP contribution in [0.5, 0.6) is 0 Å². The number of benzene rings is 1. The van der Waals surface area contributed by atoms with E-state index in [0.29, 0.717) is 18.4 Å². The molecule has 1 fully saturated rings. The van der Waals surface area contributed by atoms with E-state index in [1.165, 1.54) is 11.8 Å². The number of amides is 1. The molecule has 1 saturated carbocycles. The van der Waals surface area contributed by atoms with Crippen LogP contribution in [0, 0.1) is 24.6 Å². The van der Waals surface area contributed by atoms with Gasteiger partial charge in [-0.25, -0.2) is 17.9 Å². The Bertz CT molecular complexity index is 688. The number of hydrogen-bond acceptors (Lipinski definition) is 3. The van der Waals surface area contributed by atoms with E-state index in [-0.39, 0.29) is 16.0 Å². The number of sulfonamides is 1. The van der Waals surface area contributed by atoms with Crippen molar-refractivity contribution in [2.24, 2.45) is 17.0 Å². The van der Waals surface area contributed by atoms with Crippen LogP contribution in [0.2, 0.25) is 0 Å². The standard InChI is InChI=1S/C14H19FN2O3S/c1-8-4-10(8)7-17(3)14(18)12-5-11(15)6-13(9(12)2)21(16,19)20/h5-6,8,10H,4,7H2,1-3H3,(H2,16,19,20). The monoisotopic (exact) mass is 314 g/mol. The minimum atomic E-state index is -4.07. The van der Waals surface area contributed by atoms with E-state index in [4.69, 9.17) is 5.14 Å². The minimum Gasteiger partial charge on any atom is -0.341 e. The Morgan fingerprint density at radius 3 is 2.52 bits per heavy atom. The fourth-order valence-electron chi connectivity index (χ4n) is 2.47. The van der Waals surface area contributed by atoms with Crippen LogP contribution in [0.1, 0.15) is 29.3 Å². The van der Waals surface area contributed by atoms with Gasteiger partial charge in [-0.2, -0.15) is 0 Å². The van der Waals surface area contributed by atoms with Crippen molar-refractivity contribution in [3.05, 3.63) is 29.1 Å². The van der Waals surface area contributed by atoms with Crippen LogP contribution >= 0.6 is 0 Å². The fourth-order valence-corrected chi connectivity index (χ4v) is 3.28. The van der Waals surface area contributed by atoms with Gasteiger partial charge in [0.15, 0.2) is 0 Å². The number of nitrogens with zero attached hydrogens (tertiary/aromatic N) is 1. The molecule has 0 radical (unpaired) electrons. The summed E-state index contributed by atoms with van der Waals surface area (Å²) in [4.78, 5) is 13.5. The van der Waals surface area contributed by atoms with Crippen molar-refractivity contribution in [2.75, 3.05) is 13.6 Å². The number of nitrogens with two attached hydrogens (primary N) is 1. The summed E-state index contributed by atoms with van der Waals surface area (Å²) in [5, 5.41) is 5.06. The first-order valence-electron chi connectivity index (χ1n) is 6.69. The lowest BCUT2D eigenvalue weighted by atomic mass is 10.1. The predicted octanol–water partition coefficient (Wildman–Crippen LogP) is 1.51. The van der Waals surface area contributed by atoms with Crippen molar-refractivity contribution in [1.82, 2.24) is 4.90 Å². The third kappa shape index (κ3) is 3.41. The Morgan fingerprint density at radius 2 is 2.05 bits per heavy atom. The van der Waals surface area contributed by atoms with Gasteiger partial charge in [0.1, 0.15) is 5.82 Å². The third-order valence-electron chi connectivity index (χ3n) is 3.99. The summed E-state index contributed by atoms with van der Waals surface area (Å²) in [6.07, 6.45) is 1.07. The molecule has 7 heteroatoms. The zero-order valence-electron chi connectivity index (χ0n) is 12.3. The Morgan fingerprint density at radius 1 is 1.48 bits per heavy atom. The van der Waals surface area contributed by atoms with E-state index in [2.05, 4.69) is 6.92 Å². The summed E-state index contributed by atoms with van der Waals surface area (Å²) < 4.78 is 36.5. The van der Waals surface area contributed by atoms with Crippen molar-refractivity contribution < 1.29 is 17.6 Å². The lowest BCUT2D eigenvalue weighted by Gasteiger charge is -2.19. The van der Waals surface area contributed by atoms with E-state index in [0.717, 1.165) is 18.6 Å². The van der Waals surface area contributed by atoms with Gasteiger partial charge < -0.3 is 4.90 Å². The highest BCUT2D eigenvalue weighted by Gasteiger charge is 2.34. The van der Waals surface area contributed by atoms with E-state index in [9.17, 15) is 17.6 Å². The number of carbonyl (C=O) groups excluding carboxylic acids is 1. The van der Waals surface area contributed by atoms with E-state index >= 15 is 0 Å². The van der Waals surface area contributed by atoms with Crippen LogP contribution in [0.25, 0.3) is 0 Å². The molecule has 2 rings (SSSR count). The minimum absolute atomic E-state index is 0.0369. The molecule has 0 bridgehead atoms. The van der Waals surface area contributed by atoms with Crippen LogP contribution in [-0.2, 0) is 10.0 Å². The molecule has 21 heavy (non-hydrogen) atoms. The van der Waals surface area contributed by atoms with Crippen LogP contribution in [0.3, 0.4) is 0 Å². The number of halogens is 1. The van der Waals surface area contributed by atoms with Gasteiger partial charge in [-0.05, 0) is 42.9 Å². The molecule has 0 aromatic heterocycles. The first-order chi connectivity index (χ1) is 9.61. The van der Waals surface area contributed by atoms with Crippen LogP contribution in [-0.4, -0.2) is 32.8 Å². The Hall–Kier alpha value is -1.47. The molecular weight excluding hydrogens is 295 g/mol. The maximum absolute atomic E-state index is 13.6. The van der Waals surface area contributed by atoms with E-state index in [1.54, 1.807) is 7.05 Å². The highest BCUT2D eigenvalue weighted by molar-refractivity contribution is 7.89. The zero-order valence-corrected chi connectivity index (χ0v) is 13.1. The van der Waals surface area contributed by atoms with Crippen LogP contribution in [0.15, 0.2) is 17.0 Å². The second-order valence-corrected chi connectivity index (χ2v) is 7.31. The second-order valence-electron chi connectivity index (χ2n) is 5.78. The average Bonchev–Trinajstić information content (AvgIpc) is 3.05. The number of rotatable bonds is 4. The summed E-state index contributed by atoms with van der Waals surface area (Å²) in [5.41, 5.74) is 0.217. The highest BCUT2D eigenvalue weighted by atomic mass is 32.2. The largest absolute Gasteiger partial charge is 0.341 e. The van der Waals surface area contributed by atoms with Gasteiger partial charge in [0, 0.05) is 19.2 Å². The number of carbonyl (C=O) groups is 1. The molecular formula is C14H19FN2O3S. The SMILES string of the molecule is Cc1c(C(=O)N(C)CC2CC2C)cc(F)cc1S(N)(=O)=O. The molecule has 2 N–H and O–H groups in total. The van der Waals surface area contributed by atoms with Crippen LogP contribution in [0.4, 0.5) is 4.39 Å². The molecule has 0 spiro atoms. The van der Waals surface area contributed by atoms with Crippen LogP contribution < -0.4 is 5.14 Å². The maximum Gasteiger partial charge on any atom is 0.254 e. The Balaban J connectivity index is 2.34. The second kappa shape index (κ2) is 5.38. The Kier molecular flexibility index (Phi) is 4.08. The lowest BCUT2D eigenvalue weighted by Crippen LogP contribution is -2.30. The molecule has 0 saturated heterocycles. The van der Waals surface area contributed by atoms with Gasteiger partial charge in [-0.3, -0.25) is 4.79 Å². The predicted molar refractivity (Wildman–Crippen MR) is 76.7 cm³/mol. The zero-order chi connectivity index (χ0) is 15.9. The maximum atomic E-state index is 13.6. The molecule has 116 valence electrons. The van der Waals surface area contributed by atoms with Gasteiger partial charge in [0.05, 0.1) is 4.90 Å². The summed E-state index contributed by atoms with van der Waals surface area (Å²) in [6, 6.07) is 1.89. The molecule has 0 heterocycles. The van der Waals surface area contributed by atoms with Gasteiger partial charge in [-0.1, -0.05) is 6.92 Å². The molecule has 1 aliphatic rings. The summed E-state index contributed by atoms with van der Waals surface area (Å²) in [6.45, 7) is 4.15. The number of primary sulfonamides is 1. The normalized spacial score (nSPS) is 21.2. The molecule has 2 unspecified atom stereocenters. The lowest BCUT2D eigenvalue weighted by molar-refractivity contribution is 0.0785. The summed E-state index contributed by atoms with van der Waals surface area (Å²) in [5.74, 6) is -0.128. The molecule has 2 atom stereocenters. The van der Waals surface area contributed by atoms with E-state index in [1.807, 2.05) is 0 Å². The Labute approximate surface area is 124 Å². The van der Waals surface area contributed by atoms with Crippen molar-refractivity contribution in [3.63, 3.8) is 0 Å². The first kappa shape index (κ1) is 15.9. The first-order valence-corrected chi connectivity index (χ1v) is 8.24. The molecule has 1 aliphatic carbocycles. The van der Waals surface area contributed by atoms with Crippen molar-refractivity contribution in [3.8, 4) is 0 Å². The number of hydrogen-bond donors (Lipinski definition) is 1. The molecule has 0 aliphatic heterocycles. The molecule has 1 aromatic rings. The van der Waals surface area contributed by atoms with Gasteiger partial charge in [0.2, 0.25) is 10.0 Å². The quantitative estimate of drug-likeness (QED) is 0.914. The van der Waals surface area contributed by atoms with Gasteiger partial charge >= 0.3 is 0 Å². The van der Waals surface area contributed by atoms with Crippen molar-refractivity contribution in [1.29, 1.82) is 0 Å². The smallest absolute Gasteiger partial charge is 0.254 e. The third-order valence-corrected chi connectivity index (χ3v) is 5.03. The highest BCUT2D eigenvalue weighted by Crippen LogP contribution is 2.38.